The molecule has 120 valence electrons. The monoisotopic (exact) mass is 323 g/mol. The number of nitrogens with zero attached hydrogens (tertiary/aromatic N) is 3. The van der Waals surface area contributed by atoms with Crippen LogP contribution in [0.15, 0.2) is 107 Å². The Morgan fingerprint density at radius 2 is 1.36 bits per heavy atom. The largest absolute Gasteiger partial charge is 0.256 e. The van der Waals surface area contributed by atoms with Crippen LogP contribution < -0.4 is 0 Å². The highest BCUT2D eigenvalue weighted by atomic mass is 15.1. The van der Waals surface area contributed by atoms with Gasteiger partial charge >= 0.3 is 0 Å². The maximum Gasteiger partial charge on any atom is 0.121 e. The van der Waals surface area contributed by atoms with Crippen LogP contribution in [0.25, 0.3) is 10.9 Å². The average molecular weight is 323 g/mol. The van der Waals surface area contributed by atoms with Crippen LogP contribution in [0.5, 0.6) is 0 Å². The van der Waals surface area contributed by atoms with E-state index in [2.05, 4.69) is 39.5 Å². The molecule has 0 unspecified atom stereocenters. The Morgan fingerprint density at radius 3 is 2.04 bits per heavy atom. The third-order valence-corrected chi connectivity index (χ3v) is 4.11. The van der Waals surface area contributed by atoms with Gasteiger partial charge in [0.2, 0.25) is 0 Å². The molecule has 0 radical (unpaired) electrons. The van der Waals surface area contributed by atoms with Gasteiger partial charge in [-0.1, -0.05) is 66.7 Å². The van der Waals surface area contributed by atoms with Crippen LogP contribution in [0, 0.1) is 0 Å². The first-order valence-electron chi connectivity index (χ1n) is 8.26. The van der Waals surface area contributed by atoms with Crippen molar-refractivity contribution in [1.29, 1.82) is 0 Å². The van der Waals surface area contributed by atoms with Crippen LogP contribution in [-0.2, 0) is 0 Å². The predicted octanol–water partition coefficient (Wildman–Crippen LogP) is 6.11. The van der Waals surface area contributed by atoms with Gasteiger partial charge in [-0.2, -0.15) is 10.2 Å². The number of pyridine rings is 1. The number of benzene rings is 3. The maximum atomic E-state index is 4.65. The van der Waals surface area contributed by atoms with Gasteiger partial charge in [-0.05, 0) is 35.4 Å². The summed E-state index contributed by atoms with van der Waals surface area (Å²) in [5.74, 6) is 0. The van der Waals surface area contributed by atoms with Crippen LogP contribution in [0.4, 0.5) is 5.69 Å². The van der Waals surface area contributed by atoms with E-state index in [0.29, 0.717) is 0 Å². The summed E-state index contributed by atoms with van der Waals surface area (Å²) in [6, 6.07) is 30.3. The molecular formula is C22H17N3. The molecule has 0 bridgehead atoms. The lowest BCUT2D eigenvalue weighted by atomic mass is 10.00. The second kappa shape index (κ2) is 7.05. The third kappa shape index (κ3) is 3.45. The van der Waals surface area contributed by atoms with E-state index in [9.17, 15) is 0 Å². The number of hydrogen-bond acceptors (Lipinski definition) is 3. The highest BCUT2D eigenvalue weighted by Gasteiger charge is 2.12. The molecule has 4 aromatic rings. The van der Waals surface area contributed by atoms with Crippen LogP contribution in [0.3, 0.4) is 0 Å². The molecule has 0 atom stereocenters. The zero-order chi connectivity index (χ0) is 16.9. The van der Waals surface area contributed by atoms with Crippen molar-refractivity contribution >= 4 is 16.6 Å². The van der Waals surface area contributed by atoms with E-state index >= 15 is 0 Å². The minimum Gasteiger partial charge on any atom is -0.256 e. The van der Waals surface area contributed by atoms with Crippen molar-refractivity contribution in [2.75, 3.05) is 0 Å². The Kier molecular flexibility index (Phi) is 4.29. The van der Waals surface area contributed by atoms with Crippen LogP contribution in [0.2, 0.25) is 0 Å². The summed E-state index contributed by atoms with van der Waals surface area (Å²) in [5.41, 5.74) is 4.04. The van der Waals surface area contributed by atoms with Crippen LogP contribution in [-0.4, -0.2) is 4.98 Å². The van der Waals surface area contributed by atoms with E-state index in [0.717, 1.165) is 27.7 Å². The zero-order valence-corrected chi connectivity index (χ0v) is 13.7. The van der Waals surface area contributed by atoms with Gasteiger partial charge in [0.15, 0.2) is 0 Å². The van der Waals surface area contributed by atoms with E-state index in [-0.39, 0.29) is 6.04 Å². The predicted molar refractivity (Wildman–Crippen MR) is 101 cm³/mol. The number of fused-ring (bicyclic) bond motifs is 1. The molecule has 3 aromatic carbocycles. The third-order valence-electron chi connectivity index (χ3n) is 4.11. The smallest absolute Gasteiger partial charge is 0.121 e. The van der Waals surface area contributed by atoms with Crippen LogP contribution >= 0.6 is 0 Å². The van der Waals surface area contributed by atoms with Crippen LogP contribution in [0.1, 0.15) is 17.2 Å². The summed E-state index contributed by atoms with van der Waals surface area (Å²) in [5, 5.41) is 10.2. The highest BCUT2D eigenvalue weighted by Crippen LogP contribution is 2.28. The molecule has 0 aliphatic carbocycles. The normalized spacial score (nSPS) is 11.4. The molecule has 0 aliphatic rings. The number of azo groups is 1. The Bertz CT molecular complexity index is 956. The molecule has 3 heteroatoms. The first kappa shape index (κ1) is 15.2. The van der Waals surface area contributed by atoms with Gasteiger partial charge in [0.1, 0.15) is 6.04 Å². The first-order valence-corrected chi connectivity index (χ1v) is 8.26. The summed E-state index contributed by atoms with van der Waals surface area (Å²) < 4.78 is 0. The fourth-order valence-electron chi connectivity index (χ4n) is 2.85. The van der Waals surface area contributed by atoms with Gasteiger partial charge in [0, 0.05) is 11.6 Å². The Balaban J connectivity index is 1.71. The second-order valence-electron chi connectivity index (χ2n) is 5.82. The molecule has 4 rings (SSSR count). The van der Waals surface area contributed by atoms with Gasteiger partial charge in [-0.15, -0.1) is 0 Å². The van der Waals surface area contributed by atoms with Crippen molar-refractivity contribution in [3.05, 3.63) is 108 Å². The molecule has 0 spiro atoms. The quantitative estimate of drug-likeness (QED) is 0.418. The molecular weight excluding hydrogens is 306 g/mol. The molecule has 0 amide bonds. The van der Waals surface area contributed by atoms with Gasteiger partial charge < -0.3 is 0 Å². The fourth-order valence-corrected chi connectivity index (χ4v) is 2.85. The molecule has 3 nitrogen and oxygen atoms in total. The molecule has 0 fully saturated rings. The van der Waals surface area contributed by atoms with Crippen molar-refractivity contribution in [1.82, 2.24) is 4.98 Å². The lowest BCUT2D eigenvalue weighted by Gasteiger charge is -2.12. The lowest BCUT2D eigenvalue weighted by Crippen LogP contribution is -1.96. The SMILES string of the molecule is c1ccc(C(N=Nc2ccc3ncccc3c2)c2ccccc2)cc1. The summed E-state index contributed by atoms with van der Waals surface area (Å²) in [6.07, 6.45) is 1.80. The standard InChI is InChI=1S/C22H17N3/c1-3-8-17(9-4-1)22(18-10-5-2-6-11-18)25-24-20-13-14-21-19(16-20)12-7-15-23-21/h1-16,22H. The maximum absolute atomic E-state index is 4.65. The first-order chi connectivity index (χ1) is 12.4. The molecule has 0 saturated carbocycles. The topological polar surface area (TPSA) is 37.6 Å². The fraction of sp³-hybridized carbons (Fsp3) is 0.0455. The van der Waals surface area contributed by atoms with Gasteiger partial charge in [-0.25, -0.2) is 0 Å². The van der Waals surface area contributed by atoms with Gasteiger partial charge in [-0.3, -0.25) is 4.98 Å². The molecule has 25 heavy (non-hydrogen) atoms. The van der Waals surface area contributed by atoms with E-state index < -0.39 is 0 Å². The van der Waals surface area contributed by atoms with Crippen molar-refractivity contribution in [3.63, 3.8) is 0 Å². The minimum absolute atomic E-state index is 0.119. The summed E-state index contributed by atoms with van der Waals surface area (Å²) in [4.78, 5) is 4.34. The Labute approximate surface area is 146 Å². The van der Waals surface area contributed by atoms with Gasteiger partial charge in [0.05, 0.1) is 11.2 Å². The summed E-state index contributed by atoms with van der Waals surface area (Å²) in [7, 11) is 0. The zero-order valence-electron chi connectivity index (χ0n) is 13.7. The molecule has 0 N–H and O–H groups in total. The van der Waals surface area contributed by atoms with Gasteiger partial charge in [0.25, 0.3) is 0 Å². The highest BCUT2D eigenvalue weighted by molar-refractivity contribution is 5.81. The summed E-state index contributed by atoms with van der Waals surface area (Å²) >= 11 is 0. The Hall–Kier alpha value is -3.33. The van der Waals surface area contributed by atoms with E-state index in [1.54, 1.807) is 6.20 Å². The number of aromatic nitrogens is 1. The second-order valence-corrected chi connectivity index (χ2v) is 5.82. The van der Waals surface area contributed by atoms with Crippen molar-refractivity contribution < 1.29 is 0 Å². The number of rotatable bonds is 4. The van der Waals surface area contributed by atoms with Crippen molar-refractivity contribution in [2.24, 2.45) is 10.2 Å². The van der Waals surface area contributed by atoms with Crippen molar-refractivity contribution in [3.8, 4) is 0 Å². The number of hydrogen-bond donors (Lipinski definition) is 0. The van der Waals surface area contributed by atoms with E-state index in [1.165, 1.54) is 0 Å². The lowest BCUT2D eigenvalue weighted by molar-refractivity contribution is 0.809. The van der Waals surface area contributed by atoms with Crippen molar-refractivity contribution in [2.45, 2.75) is 6.04 Å². The van der Waals surface area contributed by atoms with E-state index in [1.807, 2.05) is 66.7 Å². The Morgan fingerprint density at radius 1 is 0.680 bits per heavy atom. The minimum atomic E-state index is -0.119. The molecule has 1 heterocycles. The molecule has 0 aliphatic heterocycles. The average Bonchev–Trinajstić information content (AvgIpc) is 2.70. The molecule has 0 saturated heterocycles. The molecule has 1 aromatic heterocycles. The summed E-state index contributed by atoms with van der Waals surface area (Å²) in [6.45, 7) is 0. The van der Waals surface area contributed by atoms with E-state index in [4.69, 9.17) is 0 Å².